The molecule has 9 N–H and O–H groups in total. The number of carbonyl (C=O) groups is 3. The van der Waals surface area contributed by atoms with Crippen molar-refractivity contribution >= 4 is 109 Å². The summed E-state index contributed by atoms with van der Waals surface area (Å²) in [6.45, 7) is 9.29. The molecule has 6 heterocycles. The van der Waals surface area contributed by atoms with E-state index in [1.807, 2.05) is 187 Å². The number of likely N-dealkylation sites (N-methyl/N-ethyl adjacent to an activating group) is 2. The lowest BCUT2D eigenvalue weighted by Gasteiger charge is -2.25. The van der Waals surface area contributed by atoms with Crippen molar-refractivity contribution in [3.63, 3.8) is 0 Å². The Kier molecular flexibility index (Phi) is 22.2. The molecule has 0 bridgehead atoms. The number of carbonyl (C=O) groups excluding carboxylic acids is 3. The Morgan fingerprint density at radius 2 is 0.716 bits per heavy atom. The van der Waals surface area contributed by atoms with E-state index in [-0.39, 0.29) is 24.7 Å². The summed E-state index contributed by atoms with van der Waals surface area (Å²) in [6.07, 6.45) is 10.4. The molecule has 6 aromatic heterocycles. The molecule has 6 amide bonds. The van der Waals surface area contributed by atoms with Crippen molar-refractivity contribution in [2.45, 2.75) is 27.4 Å². The molecule has 0 unspecified atom stereocenters. The number of nitrogens with two attached hydrogens (primary N) is 1. The number of aromatic amines is 3. The van der Waals surface area contributed by atoms with Gasteiger partial charge in [-0.25, -0.2) is 44.3 Å². The van der Waals surface area contributed by atoms with Crippen molar-refractivity contribution < 1.29 is 19.5 Å². The second-order valence-electron chi connectivity index (χ2n) is 22.9. The van der Waals surface area contributed by atoms with Crippen LogP contribution < -0.4 is 36.4 Å². The lowest BCUT2D eigenvalue weighted by Crippen LogP contribution is -2.39. The van der Waals surface area contributed by atoms with Crippen LogP contribution in [0.4, 0.5) is 48.5 Å². The van der Waals surface area contributed by atoms with Crippen LogP contribution in [0.1, 0.15) is 22.3 Å². The van der Waals surface area contributed by atoms with Crippen LogP contribution in [0.3, 0.4) is 0 Å². The van der Waals surface area contributed by atoms with E-state index >= 15 is 0 Å². The number of aliphatic hydroxyl groups excluding tert-OH is 1. The topological polar surface area (TPSA) is 274 Å². The molecular weight excluding hydrogens is 1240 g/mol. The number of amides is 6. The number of hydrogen-bond donors (Lipinski definition) is 8. The van der Waals surface area contributed by atoms with E-state index in [1.54, 1.807) is 70.1 Å². The standard InChI is InChI=1S/C25H28N6O2.C24H25ClN6O.C22H21ClN6O/c1-17-14-26-24-22(17)23(27-16-28-24)19-6-8-20(9-7-19)29-25(33)31(13-12-30(2)3)21-10-4-18(15-32)5-11-21;1-16-14-26-23-21(16)22(27-15-28-23)17-4-8-19(9-5-17)29-24(32)31(13-12-30(2)3)20-10-6-18(25)7-11-20;1-14-12-25-21-19(14)20(26-13-27-21)15-2-6-17(7-3-15)28-22(30)29(11-10-24)18-8-4-16(23)5-9-18/h4-11,14,16,32H,12-13,15H2,1-3H3,(H,29,33)(H,26,27,28);4-11,14-15H,12-13H2,1-3H3,(H,29,32)(H,26,27,28);2-9,12-13H,10-11,24H2,1H3,(H,28,30)(H,25,26,27). The number of urea groups is 3. The lowest BCUT2D eigenvalue weighted by atomic mass is 10.1. The van der Waals surface area contributed by atoms with Gasteiger partial charge in [0.25, 0.3) is 0 Å². The number of aromatic nitrogens is 9. The average molecular weight is 1310 g/mol. The van der Waals surface area contributed by atoms with Gasteiger partial charge in [-0.05, 0) is 168 Å². The molecule has 0 atom stereocenters. The van der Waals surface area contributed by atoms with Crippen LogP contribution >= 0.6 is 23.2 Å². The van der Waals surface area contributed by atoms with Gasteiger partial charge < -0.3 is 51.5 Å². The number of anilines is 6. The van der Waals surface area contributed by atoms with Crippen LogP contribution in [-0.2, 0) is 6.61 Å². The Morgan fingerprint density at radius 3 is 1.00 bits per heavy atom. The fourth-order valence-electron chi connectivity index (χ4n) is 10.5. The summed E-state index contributed by atoms with van der Waals surface area (Å²) in [5.74, 6) is 0. The van der Waals surface area contributed by atoms with Gasteiger partial charge in [0.05, 0.1) is 23.7 Å². The van der Waals surface area contributed by atoms with Crippen molar-refractivity contribution in [3.8, 4) is 33.8 Å². The predicted octanol–water partition coefficient (Wildman–Crippen LogP) is 13.8. The largest absolute Gasteiger partial charge is 0.392 e. The zero-order chi connectivity index (χ0) is 67.1. The monoisotopic (exact) mass is 1310 g/mol. The number of aliphatic hydroxyl groups is 1. The molecule has 22 nitrogen and oxygen atoms in total. The van der Waals surface area contributed by atoms with Crippen LogP contribution in [0.5, 0.6) is 0 Å². The summed E-state index contributed by atoms with van der Waals surface area (Å²) in [6, 6.07) is 43.9. The third kappa shape index (κ3) is 16.8. The highest BCUT2D eigenvalue weighted by Gasteiger charge is 2.21. The van der Waals surface area contributed by atoms with Gasteiger partial charge in [0.15, 0.2) is 0 Å². The van der Waals surface area contributed by atoms with Crippen molar-refractivity contribution in [2.24, 2.45) is 5.73 Å². The Balaban J connectivity index is 0.000000155. The summed E-state index contributed by atoms with van der Waals surface area (Å²) in [4.78, 5) is 83.8. The molecule has 0 radical (unpaired) electrons. The number of halogens is 2. The van der Waals surface area contributed by atoms with Crippen molar-refractivity contribution in [2.75, 3.05) is 98.1 Å². The molecule has 486 valence electrons. The van der Waals surface area contributed by atoms with Gasteiger partial charge in [-0.2, -0.15) is 0 Å². The Hall–Kier alpha value is -10.6. The minimum atomic E-state index is -0.263. The molecular formula is C71H74Cl2N18O4. The predicted molar refractivity (Wildman–Crippen MR) is 383 cm³/mol. The van der Waals surface area contributed by atoms with Gasteiger partial charge in [0.1, 0.15) is 35.9 Å². The zero-order valence-corrected chi connectivity index (χ0v) is 55.2. The SMILES string of the molecule is Cc1c[nH]c2ncnc(-c3ccc(NC(=O)N(CCN(C)C)c4ccc(CO)cc4)cc3)c12.Cc1c[nH]c2ncnc(-c3ccc(NC(=O)N(CCN(C)C)c4ccc(Cl)cc4)cc3)c12.Cc1c[nH]c2ncnc(-c3ccc(NC(=O)N(CCN)c4ccc(Cl)cc4)cc3)c12. The maximum atomic E-state index is 13.1. The Labute approximate surface area is 560 Å². The first-order valence-corrected chi connectivity index (χ1v) is 31.3. The summed E-state index contributed by atoms with van der Waals surface area (Å²) in [7, 11) is 7.90. The smallest absolute Gasteiger partial charge is 0.326 e. The first-order chi connectivity index (χ1) is 45.9. The van der Waals surface area contributed by atoms with E-state index in [4.69, 9.17) is 28.9 Å². The maximum absolute atomic E-state index is 13.1. The number of aryl methyl sites for hydroxylation is 3. The quantitative estimate of drug-likeness (QED) is 0.0397. The number of fused-ring (bicyclic) bond motifs is 3. The number of H-pyrrole nitrogens is 3. The molecule has 0 aliphatic heterocycles. The first-order valence-electron chi connectivity index (χ1n) is 30.6. The highest BCUT2D eigenvalue weighted by Crippen LogP contribution is 2.33. The summed E-state index contributed by atoms with van der Waals surface area (Å²) < 4.78 is 0. The molecule has 0 saturated heterocycles. The molecule has 95 heavy (non-hydrogen) atoms. The van der Waals surface area contributed by atoms with Gasteiger partial charge in [-0.1, -0.05) is 71.7 Å². The Bertz CT molecular complexity index is 4540. The summed E-state index contributed by atoms with van der Waals surface area (Å²) in [5, 5.41) is 22.5. The second-order valence-corrected chi connectivity index (χ2v) is 23.8. The van der Waals surface area contributed by atoms with E-state index in [9.17, 15) is 19.5 Å². The normalized spacial score (nSPS) is 11.1. The first kappa shape index (κ1) is 67.3. The lowest BCUT2D eigenvalue weighted by molar-refractivity contribution is 0.255. The number of hydrogen-bond acceptors (Lipinski definition) is 13. The molecule has 0 aliphatic rings. The van der Waals surface area contributed by atoms with Gasteiger partial charge in [-0.15, -0.1) is 0 Å². The van der Waals surface area contributed by atoms with Crippen molar-refractivity contribution in [3.05, 3.63) is 215 Å². The van der Waals surface area contributed by atoms with Gasteiger partial charge in [0.2, 0.25) is 0 Å². The third-order valence-corrected chi connectivity index (χ3v) is 16.1. The average Bonchev–Trinajstić information content (AvgIpc) is 1.76. The van der Waals surface area contributed by atoms with Gasteiger partial charge in [0, 0.05) is 135 Å². The molecule has 12 aromatic rings. The van der Waals surface area contributed by atoms with Crippen molar-refractivity contribution in [1.29, 1.82) is 0 Å². The van der Waals surface area contributed by atoms with E-state index in [1.165, 1.54) is 0 Å². The van der Waals surface area contributed by atoms with Crippen LogP contribution in [0.2, 0.25) is 10.0 Å². The molecule has 24 heteroatoms. The van der Waals surface area contributed by atoms with E-state index in [2.05, 4.69) is 60.8 Å². The minimum Gasteiger partial charge on any atom is -0.392 e. The fraction of sp³-hybridized carbons (Fsp3) is 0.197. The van der Waals surface area contributed by atoms with E-state index < -0.39 is 0 Å². The molecule has 0 fully saturated rings. The third-order valence-electron chi connectivity index (χ3n) is 15.6. The number of nitrogens with one attached hydrogen (secondary N) is 6. The number of rotatable bonds is 18. The van der Waals surface area contributed by atoms with Crippen LogP contribution in [0.25, 0.3) is 66.9 Å². The van der Waals surface area contributed by atoms with E-state index in [0.717, 1.165) is 113 Å². The number of nitrogens with zero attached hydrogens (tertiary/aromatic N) is 11. The van der Waals surface area contributed by atoms with Crippen LogP contribution in [-0.4, -0.2) is 145 Å². The molecule has 6 aromatic carbocycles. The van der Waals surface area contributed by atoms with Crippen LogP contribution in [0, 0.1) is 20.8 Å². The molecule has 0 spiro atoms. The van der Waals surface area contributed by atoms with Crippen LogP contribution in [0.15, 0.2) is 183 Å². The highest BCUT2D eigenvalue weighted by molar-refractivity contribution is 6.31. The minimum absolute atomic E-state index is 0.0303. The fourth-order valence-corrected chi connectivity index (χ4v) is 10.8. The molecule has 0 saturated carbocycles. The van der Waals surface area contributed by atoms with E-state index in [0.29, 0.717) is 59.8 Å². The summed E-state index contributed by atoms with van der Waals surface area (Å²) in [5.41, 5.74) is 22.0. The second kappa shape index (κ2) is 31.4. The zero-order valence-electron chi connectivity index (χ0n) is 53.7. The van der Waals surface area contributed by atoms with Crippen molar-refractivity contribution in [1.82, 2.24) is 54.7 Å². The number of benzene rings is 6. The van der Waals surface area contributed by atoms with Gasteiger partial charge in [-0.3, -0.25) is 14.7 Å². The maximum Gasteiger partial charge on any atom is 0.326 e. The van der Waals surface area contributed by atoms with Gasteiger partial charge >= 0.3 is 18.1 Å². The Morgan fingerprint density at radius 1 is 0.421 bits per heavy atom. The highest BCUT2D eigenvalue weighted by atomic mass is 35.5. The summed E-state index contributed by atoms with van der Waals surface area (Å²) >= 11 is 12.0. The molecule has 12 rings (SSSR count). The molecule has 0 aliphatic carbocycles.